The summed E-state index contributed by atoms with van der Waals surface area (Å²) in [5.74, 6) is 1.50. The van der Waals surface area contributed by atoms with E-state index in [2.05, 4.69) is 4.90 Å². The summed E-state index contributed by atoms with van der Waals surface area (Å²) in [5.41, 5.74) is 0.714. The van der Waals surface area contributed by atoms with Crippen LogP contribution in [-0.4, -0.2) is 61.4 Å². The molecular formula is C14H19ClN2O2. The third-order valence-electron chi connectivity index (χ3n) is 3.40. The largest absolute Gasteiger partial charge is 0.497 e. The zero-order valence-electron chi connectivity index (χ0n) is 11.1. The Kier molecular flexibility index (Phi) is 5.05. The van der Waals surface area contributed by atoms with Crippen molar-refractivity contribution in [3.05, 3.63) is 29.8 Å². The molecule has 0 unspecified atom stereocenters. The lowest BCUT2D eigenvalue weighted by molar-refractivity contribution is 0.0644. The molecule has 5 heteroatoms. The van der Waals surface area contributed by atoms with Gasteiger partial charge in [-0.15, -0.1) is 11.6 Å². The van der Waals surface area contributed by atoms with Crippen LogP contribution >= 0.6 is 11.6 Å². The highest BCUT2D eigenvalue weighted by Gasteiger charge is 2.21. The van der Waals surface area contributed by atoms with Gasteiger partial charge < -0.3 is 9.64 Å². The van der Waals surface area contributed by atoms with Gasteiger partial charge in [-0.05, 0) is 24.3 Å². The highest BCUT2D eigenvalue weighted by atomic mass is 35.5. The SMILES string of the molecule is COc1ccc(C(=O)N2CCN(CCCl)CC2)cc1. The summed E-state index contributed by atoms with van der Waals surface area (Å²) >= 11 is 5.72. The minimum absolute atomic E-state index is 0.0909. The van der Waals surface area contributed by atoms with Crippen molar-refractivity contribution in [1.29, 1.82) is 0 Å². The molecule has 0 spiro atoms. The maximum absolute atomic E-state index is 12.3. The lowest BCUT2D eigenvalue weighted by Crippen LogP contribution is -2.49. The highest BCUT2D eigenvalue weighted by Crippen LogP contribution is 2.14. The predicted molar refractivity (Wildman–Crippen MR) is 76.1 cm³/mol. The van der Waals surface area contributed by atoms with Crippen molar-refractivity contribution in [3.8, 4) is 5.75 Å². The Bertz CT molecular complexity index is 414. The minimum Gasteiger partial charge on any atom is -0.497 e. The molecule has 0 saturated carbocycles. The van der Waals surface area contributed by atoms with Crippen LogP contribution in [-0.2, 0) is 0 Å². The fraction of sp³-hybridized carbons (Fsp3) is 0.500. The molecule has 2 rings (SSSR count). The molecule has 1 aromatic rings. The number of hydrogen-bond acceptors (Lipinski definition) is 3. The minimum atomic E-state index is 0.0909. The van der Waals surface area contributed by atoms with E-state index in [1.807, 2.05) is 29.2 Å². The van der Waals surface area contributed by atoms with Crippen LogP contribution in [0.2, 0.25) is 0 Å². The van der Waals surface area contributed by atoms with Gasteiger partial charge in [0.2, 0.25) is 0 Å². The second-order valence-electron chi connectivity index (χ2n) is 4.55. The first kappa shape index (κ1) is 14.2. The Morgan fingerprint density at radius 1 is 1.21 bits per heavy atom. The second kappa shape index (κ2) is 6.78. The maximum Gasteiger partial charge on any atom is 0.253 e. The van der Waals surface area contributed by atoms with Gasteiger partial charge in [0, 0.05) is 44.2 Å². The Balaban J connectivity index is 1.93. The average Bonchev–Trinajstić information content (AvgIpc) is 2.48. The van der Waals surface area contributed by atoms with Crippen molar-refractivity contribution < 1.29 is 9.53 Å². The average molecular weight is 283 g/mol. The number of piperazine rings is 1. The monoisotopic (exact) mass is 282 g/mol. The number of nitrogens with zero attached hydrogens (tertiary/aromatic N) is 2. The van der Waals surface area contributed by atoms with E-state index in [4.69, 9.17) is 16.3 Å². The molecule has 0 aromatic heterocycles. The number of ether oxygens (including phenoxy) is 1. The van der Waals surface area contributed by atoms with E-state index in [1.54, 1.807) is 7.11 Å². The fourth-order valence-electron chi connectivity index (χ4n) is 2.21. The van der Waals surface area contributed by atoms with Gasteiger partial charge in [0.05, 0.1) is 7.11 Å². The zero-order chi connectivity index (χ0) is 13.7. The number of carbonyl (C=O) groups excluding carboxylic acids is 1. The number of alkyl halides is 1. The van der Waals surface area contributed by atoms with E-state index in [-0.39, 0.29) is 5.91 Å². The molecule has 0 bridgehead atoms. The molecule has 0 radical (unpaired) electrons. The van der Waals surface area contributed by atoms with Gasteiger partial charge in [-0.25, -0.2) is 0 Å². The van der Waals surface area contributed by atoms with E-state index in [9.17, 15) is 4.79 Å². The van der Waals surface area contributed by atoms with Crippen molar-refractivity contribution in [2.75, 3.05) is 45.7 Å². The molecule has 1 heterocycles. The van der Waals surface area contributed by atoms with Crippen LogP contribution in [0, 0.1) is 0 Å². The molecule has 4 nitrogen and oxygen atoms in total. The topological polar surface area (TPSA) is 32.8 Å². The van der Waals surface area contributed by atoms with Crippen LogP contribution in [0.1, 0.15) is 10.4 Å². The van der Waals surface area contributed by atoms with Crippen molar-refractivity contribution in [2.24, 2.45) is 0 Å². The van der Waals surface area contributed by atoms with E-state index in [0.717, 1.165) is 38.5 Å². The van der Waals surface area contributed by atoms with Gasteiger partial charge in [0.15, 0.2) is 0 Å². The first-order valence-corrected chi connectivity index (χ1v) is 6.99. The van der Waals surface area contributed by atoms with Crippen LogP contribution in [0.25, 0.3) is 0 Å². The normalized spacial score (nSPS) is 16.4. The van der Waals surface area contributed by atoms with Gasteiger partial charge in [-0.3, -0.25) is 9.69 Å². The molecule has 1 saturated heterocycles. The van der Waals surface area contributed by atoms with Gasteiger partial charge >= 0.3 is 0 Å². The van der Waals surface area contributed by atoms with Crippen molar-refractivity contribution in [1.82, 2.24) is 9.80 Å². The molecular weight excluding hydrogens is 264 g/mol. The van der Waals surface area contributed by atoms with Crippen LogP contribution in [0.5, 0.6) is 5.75 Å². The molecule has 19 heavy (non-hydrogen) atoms. The molecule has 1 amide bonds. The third-order valence-corrected chi connectivity index (χ3v) is 3.57. The van der Waals surface area contributed by atoms with Gasteiger partial charge in [-0.2, -0.15) is 0 Å². The van der Waals surface area contributed by atoms with Crippen LogP contribution in [0.3, 0.4) is 0 Å². The van der Waals surface area contributed by atoms with Gasteiger partial charge in [0.1, 0.15) is 5.75 Å². The van der Waals surface area contributed by atoms with Gasteiger partial charge in [0.25, 0.3) is 5.91 Å². The standard InChI is InChI=1S/C14H19ClN2O2/c1-19-13-4-2-12(3-5-13)14(18)17-10-8-16(7-6-15)9-11-17/h2-5H,6-11H2,1H3. The lowest BCUT2D eigenvalue weighted by Gasteiger charge is -2.34. The number of carbonyl (C=O) groups is 1. The molecule has 104 valence electrons. The smallest absolute Gasteiger partial charge is 0.253 e. The van der Waals surface area contributed by atoms with Crippen LogP contribution < -0.4 is 4.74 Å². The van der Waals surface area contributed by atoms with Gasteiger partial charge in [-0.1, -0.05) is 0 Å². The molecule has 1 aliphatic heterocycles. The number of rotatable bonds is 4. The van der Waals surface area contributed by atoms with Crippen molar-refractivity contribution in [2.45, 2.75) is 0 Å². The predicted octanol–water partition coefficient (Wildman–Crippen LogP) is 1.69. The van der Waals surface area contributed by atoms with Crippen molar-refractivity contribution >= 4 is 17.5 Å². The molecule has 0 N–H and O–H groups in total. The lowest BCUT2D eigenvalue weighted by atomic mass is 10.1. The Labute approximate surface area is 118 Å². The summed E-state index contributed by atoms with van der Waals surface area (Å²) in [4.78, 5) is 16.5. The fourth-order valence-corrected chi connectivity index (χ4v) is 2.45. The third kappa shape index (κ3) is 3.61. The summed E-state index contributed by atoms with van der Waals surface area (Å²) in [5, 5.41) is 0. The molecule has 1 aromatic carbocycles. The quantitative estimate of drug-likeness (QED) is 0.788. The Morgan fingerprint density at radius 3 is 2.37 bits per heavy atom. The molecule has 1 aliphatic rings. The first-order chi connectivity index (χ1) is 9.24. The number of halogens is 1. The molecule has 0 atom stereocenters. The summed E-state index contributed by atoms with van der Waals surface area (Å²) in [6.45, 7) is 4.22. The summed E-state index contributed by atoms with van der Waals surface area (Å²) in [6.07, 6.45) is 0. The summed E-state index contributed by atoms with van der Waals surface area (Å²) in [6, 6.07) is 7.26. The summed E-state index contributed by atoms with van der Waals surface area (Å²) in [7, 11) is 1.62. The van der Waals surface area contributed by atoms with Crippen LogP contribution in [0.15, 0.2) is 24.3 Å². The van der Waals surface area contributed by atoms with E-state index in [1.165, 1.54) is 0 Å². The van der Waals surface area contributed by atoms with E-state index >= 15 is 0 Å². The number of methoxy groups -OCH3 is 1. The number of hydrogen-bond donors (Lipinski definition) is 0. The number of benzene rings is 1. The summed E-state index contributed by atoms with van der Waals surface area (Å²) < 4.78 is 5.09. The second-order valence-corrected chi connectivity index (χ2v) is 4.93. The molecule has 1 fully saturated rings. The molecule has 0 aliphatic carbocycles. The Hall–Kier alpha value is -1.26. The number of amides is 1. The van der Waals surface area contributed by atoms with E-state index in [0.29, 0.717) is 11.4 Å². The highest BCUT2D eigenvalue weighted by molar-refractivity contribution is 6.18. The first-order valence-electron chi connectivity index (χ1n) is 6.46. The zero-order valence-corrected chi connectivity index (χ0v) is 11.9. The maximum atomic E-state index is 12.3. The van der Waals surface area contributed by atoms with Crippen LogP contribution in [0.4, 0.5) is 0 Å². The van der Waals surface area contributed by atoms with Crippen molar-refractivity contribution in [3.63, 3.8) is 0 Å². The van der Waals surface area contributed by atoms with E-state index < -0.39 is 0 Å². The Morgan fingerprint density at radius 2 is 1.84 bits per heavy atom.